The Morgan fingerprint density at radius 2 is 2.11 bits per heavy atom. The highest BCUT2D eigenvalue weighted by Crippen LogP contribution is 2.21. The molecule has 7 heteroatoms. The van der Waals surface area contributed by atoms with E-state index in [-0.39, 0.29) is 25.1 Å². The Bertz CT molecular complexity index is 410. The predicted molar refractivity (Wildman–Crippen MR) is 64.2 cm³/mol. The highest BCUT2D eigenvalue weighted by atomic mass is 79.9. The second-order valence-corrected chi connectivity index (χ2v) is 4.52. The van der Waals surface area contributed by atoms with Crippen molar-refractivity contribution in [1.29, 1.82) is 0 Å². The van der Waals surface area contributed by atoms with Gasteiger partial charge < -0.3 is 5.32 Å². The molecule has 1 aromatic rings. The summed E-state index contributed by atoms with van der Waals surface area (Å²) in [6.45, 7) is 0.206. The molecule has 0 radical (unpaired) electrons. The Morgan fingerprint density at radius 3 is 2.72 bits per heavy atom. The Hall–Kier alpha value is -1.11. The van der Waals surface area contributed by atoms with Crippen LogP contribution in [0.15, 0.2) is 22.8 Å². The molecule has 0 spiro atoms. The van der Waals surface area contributed by atoms with Gasteiger partial charge >= 0.3 is 6.18 Å². The van der Waals surface area contributed by atoms with E-state index in [1.165, 1.54) is 6.20 Å². The smallest absolute Gasteiger partial charge is 0.351 e. The van der Waals surface area contributed by atoms with Crippen molar-refractivity contribution < 1.29 is 18.0 Å². The maximum atomic E-state index is 11.9. The van der Waals surface area contributed by atoms with Crippen LogP contribution in [0.1, 0.15) is 29.8 Å². The molecule has 0 saturated carbocycles. The van der Waals surface area contributed by atoms with Crippen LogP contribution >= 0.6 is 15.9 Å². The molecule has 1 aromatic heterocycles. The van der Waals surface area contributed by atoms with Gasteiger partial charge in [-0.1, -0.05) is 0 Å². The highest BCUT2D eigenvalue weighted by molar-refractivity contribution is 9.10. The summed E-state index contributed by atoms with van der Waals surface area (Å²) in [4.78, 5) is 15.5. The zero-order valence-electron chi connectivity index (χ0n) is 9.43. The van der Waals surface area contributed by atoms with Gasteiger partial charge in [0, 0.05) is 23.6 Å². The lowest BCUT2D eigenvalue weighted by Gasteiger charge is -2.07. The molecule has 1 heterocycles. The van der Waals surface area contributed by atoms with Crippen LogP contribution in [0.5, 0.6) is 0 Å². The number of alkyl halides is 3. The van der Waals surface area contributed by atoms with E-state index in [0.29, 0.717) is 4.47 Å². The van der Waals surface area contributed by atoms with Crippen LogP contribution in [0.25, 0.3) is 0 Å². The summed E-state index contributed by atoms with van der Waals surface area (Å²) in [6, 6.07) is 3.34. The van der Waals surface area contributed by atoms with Crippen LogP contribution in [-0.4, -0.2) is 23.6 Å². The fraction of sp³-hybridized carbons (Fsp3) is 0.455. The molecule has 0 aliphatic rings. The van der Waals surface area contributed by atoms with E-state index in [9.17, 15) is 18.0 Å². The number of carbonyl (C=O) groups excluding carboxylic acids is 1. The molecule has 0 atom stereocenters. The van der Waals surface area contributed by atoms with E-state index >= 15 is 0 Å². The minimum atomic E-state index is -4.13. The minimum absolute atomic E-state index is 0.00711. The molecule has 1 N–H and O–H groups in total. The largest absolute Gasteiger partial charge is 0.389 e. The number of aromatic nitrogens is 1. The van der Waals surface area contributed by atoms with Crippen LogP contribution in [0.3, 0.4) is 0 Å². The number of rotatable bonds is 5. The van der Waals surface area contributed by atoms with Gasteiger partial charge in [-0.05, 0) is 40.9 Å². The summed E-state index contributed by atoms with van der Waals surface area (Å²) in [7, 11) is 0. The Labute approximate surface area is 111 Å². The second kappa shape index (κ2) is 6.72. The molecular weight excluding hydrogens is 313 g/mol. The van der Waals surface area contributed by atoms with E-state index in [4.69, 9.17) is 0 Å². The number of hydrogen-bond donors (Lipinski definition) is 1. The van der Waals surface area contributed by atoms with Gasteiger partial charge in [-0.25, -0.2) is 4.98 Å². The lowest BCUT2D eigenvalue weighted by molar-refractivity contribution is -0.135. The number of nitrogens with one attached hydrogen (secondary N) is 1. The van der Waals surface area contributed by atoms with Crippen molar-refractivity contribution in [2.75, 3.05) is 6.54 Å². The van der Waals surface area contributed by atoms with Gasteiger partial charge in [0.15, 0.2) is 0 Å². The third kappa shape index (κ3) is 5.48. The van der Waals surface area contributed by atoms with Crippen molar-refractivity contribution in [3.63, 3.8) is 0 Å². The first-order chi connectivity index (χ1) is 8.40. The molecule has 1 rings (SSSR count). The van der Waals surface area contributed by atoms with Crippen molar-refractivity contribution in [2.45, 2.75) is 25.4 Å². The number of halogens is 4. The van der Waals surface area contributed by atoms with Gasteiger partial charge in [-0.3, -0.25) is 4.79 Å². The number of hydrogen-bond acceptors (Lipinski definition) is 2. The SMILES string of the molecule is O=C(NCCCCC(F)(F)F)c1ncccc1Br. The maximum Gasteiger partial charge on any atom is 0.389 e. The average Bonchev–Trinajstić information content (AvgIpc) is 2.27. The average molecular weight is 325 g/mol. The van der Waals surface area contributed by atoms with Gasteiger partial charge in [0.2, 0.25) is 0 Å². The molecule has 100 valence electrons. The van der Waals surface area contributed by atoms with E-state index in [0.717, 1.165) is 0 Å². The molecule has 0 fully saturated rings. The molecule has 0 bridgehead atoms. The van der Waals surface area contributed by atoms with Gasteiger partial charge in [0.1, 0.15) is 5.69 Å². The van der Waals surface area contributed by atoms with Crippen molar-refractivity contribution >= 4 is 21.8 Å². The van der Waals surface area contributed by atoms with Crippen molar-refractivity contribution in [1.82, 2.24) is 10.3 Å². The van der Waals surface area contributed by atoms with Crippen LogP contribution < -0.4 is 5.32 Å². The monoisotopic (exact) mass is 324 g/mol. The molecular formula is C11H12BrF3N2O. The van der Waals surface area contributed by atoms with Gasteiger partial charge in [0.05, 0.1) is 0 Å². The number of amides is 1. The Kier molecular flexibility index (Phi) is 5.58. The van der Waals surface area contributed by atoms with E-state index in [2.05, 4.69) is 26.2 Å². The number of carbonyl (C=O) groups is 1. The third-order valence-electron chi connectivity index (χ3n) is 2.15. The zero-order valence-corrected chi connectivity index (χ0v) is 11.0. The standard InChI is InChI=1S/C11H12BrF3N2O/c12-8-4-3-7-16-9(8)10(18)17-6-2-1-5-11(13,14)15/h3-4,7H,1-2,5-6H2,(H,17,18). The van der Waals surface area contributed by atoms with Crippen LogP contribution in [0.4, 0.5) is 13.2 Å². The van der Waals surface area contributed by atoms with Crippen molar-refractivity contribution in [3.05, 3.63) is 28.5 Å². The lowest BCUT2D eigenvalue weighted by Crippen LogP contribution is -2.26. The predicted octanol–water partition coefficient (Wildman–Crippen LogP) is 3.31. The Balaban J connectivity index is 2.28. The summed E-state index contributed by atoms with van der Waals surface area (Å²) in [5.41, 5.74) is 0.230. The summed E-state index contributed by atoms with van der Waals surface area (Å²) in [5.74, 6) is -0.394. The minimum Gasteiger partial charge on any atom is -0.351 e. The molecule has 1 amide bonds. The number of unbranched alkanes of at least 4 members (excludes halogenated alkanes) is 1. The Morgan fingerprint density at radius 1 is 1.39 bits per heavy atom. The molecule has 0 aromatic carbocycles. The van der Waals surface area contributed by atoms with Crippen molar-refractivity contribution in [3.8, 4) is 0 Å². The molecule has 18 heavy (non-hydrogen) atoms. The third-order valence-corrected chi connectivity index (χ3v) is 2.79. The van der Waals surface area contributed by atoms with E-state index in [1.807, 2.05) is 0 Å². The molecule has 0 unspecified atom stereocenters. The molecule has 0 saturated heterocycles. The first kappa shape index (κ1) is 14.9. The van der Waals surface area contributed by atoms with Crippen LogP contribution in [-0.2, 0) is 0 Å². The highest BCUT2D eigenvalue weighted by Gasteiger charge is 2.25. The summed E-state index contributed by atoms with van der Waals surface area (Å²) in [6.07, 6.45) is -3.18. The van der Waals surface area contributed by atoms with E-state index < -0.39 is 18.5 Å². The molecule has 0 aliphatic carbocycles. The quantitative estimate of drug-likeness (QED) is 0.844. The topological polar surface area (TPSA) is 42.0 Å². The van der Waals surface area contributed by atoms with E-state index in [1.54, 1.807) is 12.1 Å². The maximum absolute atomic E-state index is 11.9. The van der Waals surface area contributed by atoms with Gasteiger partial charge in [0.25, 0.3) is 5.91 Å². The number of nitrogens with zero attached hydrogens (tertiary/aromatic N) is 1. The van der Waals surface area contributed by atoms with Crippen LogP contribution in [0, 0.1) is 0 Å². The summed E-state index contributed by atoms with van der Waals surface area (Å²) >= 11 is 3.17. The second-order valence-electron chi connectivity index (χ2n) is 3.66. The van der Waals surface area contributed by atoms with Gasteiger partial charge in [-0.2, -0.15) is 13.2 Å². The number of pyridine rings is 1. The summed E-state index contributed by atoms with van der Waals surface area (Å²) in [5, 5.41) is 2.53. The molecule has 0 aliphatic heterocycles. The first-order valence-corrected chi connectivity index (χ1v) is 6.15. The fourth-order valence-electron chi connectivity index (χ4n) is 1.29. The summed E-state index contributed by atoms with van der Waals surface area (Å²) < 4.78 is 36.1. The fourth-order valence-corrected chi connectivity index (χ4v) is 1.72. The van der Waals surface area contributed by atoms with Crippen LogP contribution in [0.2, 0.25) is 0 Å². The van der Waals surface area contributed by atoms with Gasteiger partial charge in [-0.15, -0.1) is 0 Å². The zero-order chi connectivity index (χ0) is 13.6. The normalized spacial score (nSPS) is 11.3. The first-order valence-electron chi connectivity index (χ1n) is 5.35. The molecule has 3 nitrogen and oxygen atoms in total. The lowest BCUT2D eigenvalue weighted by atomic mass is 10.2. The van der Waals surface area contributed by atoms with Crippen molar-refractivity contribution in [2.24, 2.45) is 0 Å².